The molecule has 1 aliphatic rings. The minimum absolute atomic E-state index is 0.212. The second kappa shape index (κ2) is 5.24. The summed E-state index contributed by atoms with van der Waals surface area (Å²) in [7, 11) is 0. The van der Waals surface area contributed by atoms with E-state index in [0.29, 0.717) is 29.4 Å². The lowest BCUT2D eigenvalue weighted by Gasteiger charge is -2.19. The van der Waals surface area contributed by atoms with E-state index in [4.69, 9.17) is 4.42 Å². The zero-order valence-corrected chi connectivity index (χ0v) is 13.1. The molecule has 1 saturated heterocycles. The second-order valence-electron chi connectivity index (χ2n) is 5.74. The molecule has 0 aliphatic carbocycles. The third-order valence-electron chi connectivity index (χ3n) is 4.01. The maximum Gasteiger partial charge on any atom is 0.311 e. The highest BCUT2D eigenvalue weighted by molar-refractivity contribution is 7.15. The van der Waals surface area contributed by atoms with Gasteiger partial charge in [0.2, 0.25) is 0 Å². The lowest BCUT2D eigenvalue weighted by atomic mass is 9.90. The molecule has 3 heterocycles. The summed E-state index contributed by atoms with van der Waals surface area (Å²) in [4.78, 5) is 30.7. The first-order valence-electron chi connectivity index (χ1n) is 6.95. The van der Waals surface area contributed by atoms with Crippen molar-refractivity contribution in [1.82, 2.24) is 9.88 Å². The van der Waals surface area contributed by atoms with Crippen LogP contribution in [0, 0.1) is 12.3 Å². The van der Waals surface area contributed by atoms with E-state index < -0.39 is 11.4 Å². The van der Waals surface area contributed by atoms with Crippen molar-refractivity contribution in [2.75, 3.05) is 13.1 Å². The Hall–Kier alpha value is -2.15. The molecule has 1 unspecified atom stereocenters. The number of furan rings is 1. The van der Waals surface area contributed by atoms with Gasteiger partial charge in [0.05, 0.1) is 11.7 Å². The number of hydrogen-bond donors (Lipinski definition) is 1. The Bertz CT molecular complexity index is 722. The summed E-state index contributed by atoms with van der Waals surface area (Å²) < 4.78 is 5.30. The molecule has 116 valence electrons. The topological polar surface area (TPSA) is 83.6 Å². The van der Waals surface area contributed by atoms with Gasteiger partial charge in [-0.2, -0.15) is 0 Å². The summed E-state index contributed by atoms with van der Waals surface area (Å²) in [6.45, 7) is 4.16. The molecule has 1 amide bonds. The van der Waals surface area contributed by atoms with Gasteiger partial charge in [0, 0.05) is 18.0 Å². The van der Waals surface area contributed by atoms with E-state index in [1.165, 1.54) is 11.3 Å². The molecule has 1 N–H and O–H groups in total. The molecule has 0 radical (unpaired) electrons. The normalized spacial score (nSPS) is 21.3. The molecule has 22 heavy (non-hydrogen) atoms. The van der Waals surface area contributed by atoms with E-state index in [1.54, 1.807) is 30.2 Å². The highest BCUT2D eigenvalue weighted by atomic mass is 32.1. The van der Waals surface area contributed by atoms with Gasteiger partial charge in [0.1, 0.15) is 5.69 Å². The second-order valence-corrected chi connectivity index (χ2v) is 6.95. The molecule has 3 rings (SSSR count). The van der Waals surface area contributed by atoms with Crippen molar-refractivity contribution >= 4 is 23.2 Å². The average molecular weight is 320 g/mol. The number of aromatic nitrogens is 1. The van der Waals surface area contributed by atoms with Gasteiger partial charge >= 0.3 is 5.97 Å². The van der Waals surface area contributed by atoms with Gasteiger partial charge in [-0.25, -0.2) is 4.98 Å². The SMILES string of the molecule is Cc1sc(-c2ccco2)nc1C(=O)N1CCC(C)(C(=O)O)C1. The summed E-state index contributed by atoms with van der Waals surface area (Å²) in [5.74, 6) is -0.449. The Kier molecular flexibility index (Phi) is 3.52. The van der Waals surface area contributed by atoms with Crippen molar-refractivity contribution < 1.29 is 19.1 Å². The predicted octanol–water partition coefficient (Wildman–Crippen LogP) is 2.65. The highest BCUT2D eigenvalue weighted by Gasteiger charge is 2.42. The van der Waals surface area contributed by atoms with Gasteiger partial charge in [0.15, 0.2) is 10.8 Å². The average Bonchev–Trinajstić information content (AvgIpc) is 3.17. The minimum atomic E-state index is -0.872. The number of aliphatic carboxylic acids is 1. The molecule has 0 saturated carbocycles. The van der Waals surface area contributed by atoms with Crippen LogP contribution in [0.25, 0.3) is 10.8 Å². The van der Waals surface area contributed by atoms with Crippen molar-refractivity contribution in [3.63, 3.8) is 0 Å². The lowest BCUT2D eigenvalue weighted by Crippen LogP contribution is -2.35. The van der Waals surface area contributed by atoms with E-state index in [0.717, 1.165) is 4.88 Å². The third-order valence-corrected chi connectivity index (χ3v) is 4.99. The predicted molar refractivity (Wildman–Crippen MR) is 80.8 cm³/mol. The van der Waals surface area contributed by atoms with Gasteiger partial charge in [0.25, 0.3) is 5.91 Å². The van der Waals surface area contributed by atoms with Crippen molar-refractivity contribution in [2.45, 2.75) is 20.3 Å². The van der Waals surface area contributed by atoms with E-state index >= 15 is 0 Å². The Labute approximate surface area is 131 Å². The van der Waals surface area contributed by atoms with Crippen molar-refractivity contribution in [1.29, 1.82) is 0 Å². The number of carboxylic acids is 1. The van der Waals surface area contributed by atoms with E-state index in [-0.39, 0.29) is 12.5 Å². The van der Waals surface area contributed by atoms with Crippen LogP contribution in [0.4, 0.5) is 0 Å². The number of likely N-dealkylation sites (tertiary alicyclic amines) is 1. The molecule has 2 aromatic heterocycles. The highest BCUT2D eigenvalue weighted by Crippen LogP contribution is 2.33. The van der Waals surface area contributed by atoms with Crippen LogP contribution in [0.1, 0.15) is 28.7 Å². The van der Waals surface area contributed by atoms with Crippen molar-refractivity contribution in [2.24, 2.45) is 5.41 Å². The number of thiazole rings is 1. The van der Waals surface area contributed by atoms with Gasteiger partial charge in [-0.1, -0.05) is 0 Å². The molecule has 1 aliphatic heterocycles. The zero-order chi connectivity index (χ0) is 15.9. The fourth-order valence-electron chi connectivity index (χ4n) is 2.56. The van der Waals surface area contributed by atoms with E-state index in [2.05, 4.69) is 4.98 Å². The van der Waals surface area contributed by atoms with Gasteiger partial charge in [-0.05, 0) is 32.4 Å². The molecule has 6 nitrogen and oxygen atoms in total. The lowest BCUT2D eigenvalue weighted by molar-refractivity contribution is -0.147. The van der Waals surface area contributed by atoms with Crippen LogP contribution in [0.2, 0.25) is 0 Å². The summed E-state index contributed by atoms with van der Waals surface area (Å²) in [6.07, 6.45) is 2.02. The van der Waals surface area contributed by atoms with Crippen LogP contribution >= 0.6 is 11.3 Å². The minimum Gasteiger partial charge on any atom is -0.481 e. The van der Waals surface area contributed by atoms with Crippen molar-refractivity contribution in [3.05, 3.63) is 29.0 Å². The first-order valence-corrected chi connectivity index (χ1v) is 7.76. The summed E-state index contributed by atoms with van der Waals surface area (Å²) in [5.41, 5.74) is -0.491. The fraction of sp³-hybridized carbons (Fsp3) is 0.400. The van der Waals surface area contributed by atoms with Gasteiger partial charge in [-0.15, -0.1) is 11.3 Å². The number of amides is 1. The molecule has 0 aromatic carbocycles. The van der Waals surface area contributed by atoms with Crippen LogP contribution in [-0.2, 0) is 4.79 Å². The summed E-state index contributed by atoms with van der Waals surface area (Å²) in [6, 6.07) is 3.57. The van der Waals surface area contributed by atoms with Crippen LogP contribution in [0.3, 0.4) is 0 Å². The Morgan fingerprint density at radius 3 is 2.86 bits per heavy atom. The number of rotatable bonds is 3. The number of carbonyl (C=O) groups excluding carboxylic acids is 1. The standard InChI is InChI=1S/C15H16N2O4S/c1-9-11(16-12(22-9)10-4-3-7-21-10)13(18)17-6-5-15(2,8-17)14(19)20/h3-4,7H,5-6,8H2,1-2H3,(H,19,20). The maximum absolute atomic E-state index is 12.6. The number of nitrogens with zero attached hydrogens (tertiary/aromatic N) is 2. The summed E-state index contributed by atoms with van der Waals surface area (Å²) in [5, 5.41) is 9.92. The zero-order valence-electron chi connectivity index (χ0n) is 12.3. The molecule has 0 bridgehead atoms. The molecular formula is C15H16N2O4S. The fourth-order valence-corrected chi connectivity index (χ4v) is 3.43. The number of carboxylic acid groups (broad SMARTS) is 1. The molecule has 2 aromatic rings. The molecule has 1 fully saturated rings. The number of aryl methyl sites for hydroxylation is 1. The summed E-state index contributed by atoms with van der Waals surface area (Å²) >= 11 is 1.40. The Morgan fingerprint density at radius 1 is 1.50 bits per heavy atom. The van der Waals surface area contributed by atoms with Crippen LogP contribution in [0.5, 0.6) is 0 Å². The first-order chi connectivity index (χ1) is 10.4. The molecule has 0 spiro atoms. The third kappa shape index (κ3) is 2.41. The van der Waals surface area contributed by atoms with Gasteiger partial charge < -0.3 is 14.4 Å². The Morgan fingerprint density at radius 2 is 2.27 bits per heavy atom. The number of hydrogen-bond acceptors (Lipinski definition) is 5. The van der Waals surface area contributed by atoms with Gasteiger partial charge in [-0.3, -0.25) is 9.59 Å². The molecule has 1 atom stereocenters. The monoisotopic (exact) mass is 320 g/mol. The quantitative estimate of drug-likeness (QED) is 0.940. The van der Waals surface area contributed by atoms with Crippen LogP contribution in [-0.4, -0.2) is 40.0 Å². The molecule has 7 heteroatoms. The maximum atomic E-state index is 12.6. The van der Waals surface area contributed by atoms with Crippen LogP contribution in [0.15, 0.2) is 22.8 Å². The van der Waals surface area contributed by atoms with Crippen molar-refractivity contribution in [3.8, 4) is 10.8 Å². The number of carbonyl (C=O) groups is 2. The molecular weight excluding hydrogens is 304 g/mol. The van der Waals surface area contributed by atoms with Crippen LogP contribution < -0.4 is 0 Å². The van der Waals surface area contributed by atoms with E-state index in [9.17, 15) is 14.7 Å². The Balaban J connectivity index is 1.83. The largest absolute Gasteiger partial charge is 0.481 e. The smallest absolute Gasteiger partial charge is 0.311 e. The van der Waals surface area contributed by atoms with E-state index in [1.807, 2.05) is 6.92 Å². The first kappa shape index (κ1) is 14.8.